The van der Waals surface area contributed by atoms with Crippen LogP contribution in [0.2, 0.25) is 5.02 Å². The van der Waals surface area contributed by atoms with Crippen LogP contribution < -0.4 is 5.32 Å². The number of benzene rings is 1. The van der Waals surface area contributed by atoms with E-state index in [1.54, 1.807) is 24.4 Å². The Morgan fingerprint density at radius 2 is 2.28 bits per heavy atom. The van der Waals surface area contributed by atoms with Crippen LogP contribution in [0.3, 0.4) is 0 Å². The Balaban J connectivity index is 2.17. The summed E-state index contributed by atoms with van der Waals surface area (Å²) in [5.74, 6) is 1.37. The lowest BCUT2D eigenvalue weighted by atomic mass is 10.2. The highest BCUT2D eigenvalue weighted by molar-refractivity contribution is 6.33. The lowest BCUT2D eigenvalue weighted by Crippen LogP contribution is -2.07. The molecule has 5 heteroatoms. The summed E-state index contributed by atoms with van der Waals surface area (Å²) >= 11 is 6.08. The Labute approximate surface area is 110 Å². The van der Waals surface area contributed by atoms with Crippen LogP contribution in [0, 0.1) is 18.3 Å². The van der Waals surface area contributed by atoms with Gasteiger partial charge in [0.05, 0.1) is 28.5 Å². The lowest BCUT2D eigenvalue weighted by molar-refractivity contribution is 0.454. The van der Waals surface area contributed by atoms with Gasteiger partial charge in [-0.3, -0.25) is 0 Å². The summed E-state index contributed by atoms with van der Waals surface area (Å²) in [4.78, 5) is 4.15. The number of hydrogen-bond acceptors (Lipinski definition) is 4. The summed E-state index contributed by atoms with van der Waals surface area (Å²) in [7, 11) is 0. The Hall–Kier alpha value is -1.99. The number of aryl methyl sites for hydroxylation is 1. The Kier molecular flexibility index (Phi) is 3.54. The summed E-state index contributed by atoms with van der Waals surface area (Å²) < 4.78 is 5.43. The Morgan fingerprint density at radius 3 is 2.83 bits per heavy atom. The summed E-state index contributed by atoms with van der Waals surface area (Å²) in [6.45, 7) is 3.78. The van der Waals surface area contributed by atoms with E-state index in [-0.39, 0.29) is 6.04 Å². The number of oxazole rings is 1. The van der Waals surface area contributed by atoms with E-state index in [1.165, 1.54) is 0 Å². The highest BCUT2D eigenvalue weighted by Crippen LogP contribution is 2.26. The molecule has 1 atom stereocenters. The molecule has 0 saturated carbocycles. The van der Waals surface area contributed by atoms with Gasteiger partial charge in [0.15, 0.2) is 0 Å². The van der Waals surface area contributed by atoms with Crippen LogP contribution >= 0.6 is 11.6 Å². The molecule has 0 aliphatic rings. The van der Waals surface area contributed by atoms with E-state index in [2.05, 4.69) is 10.3 Å². The topological polar surface area (TPSA) is 61.9 Å². The van der Waals surface area contributed by atoms with E-state index in [1.807, 2.05) is 19.9 Å². The number of aromatic nitrogens is 1. The molecule has 4 nitrogen and oxygen atoms in total. The largest absolute Gasteiger partial charge is 0.444 e. The quantitative estimate of drug-likeness (QED) is 0.915. The van der Waals surface area contributed by atoms with Gasteiger partial charge in [-0.2, -0.15) is 5.26 Å². The molecule has 92 valence electrons. The number of nitrogens with zero attached hydrogens (tertiary/aromatic N) is 2. The van der Waals surface area contributed by atoms with E-state index in [9.17, 15) is 0 Å². The van der Waals surface area contributed by atoms with Crippen molar-refractivity contribution in [2.75, 3.05) is 5.32 Å². The second-order valence-electron chi connectivity index (χ2n) is 3.98. The van der Waals surface area contributed by atoms with Crippen molar-refractivity contribution in [1.29, 1.82) is 5.26 Å². The third-order valence-electron chi connectivity index (χ3n) is 2.48. The van der Waals surface area contributed by atoms with Gasteiger partial charge in [-0.15, -0.1) is 0 Å². The molecular formula is C13H12ClN3O. The van der Waals surface area contributed by atoms with E-state index < -0.39 is 0 Å². The summed E-state index contributed by atoms with van der Waals surface area (Å²) in [5, 5.41) is 12.5. The third-order valence-corrected chi connectivity index (χ3v) is 2.79. The van der Waals surface area contributed by atoms with Crippen LogP contribution in [0.4, 0.5) is 5.69 Å². The molecule has 1 heterocycles. The monoisotopic (exact) mass is 261 g/mol. The van der Waals surface area contributed by atoms with Gasteiger partial charge in [-0.05, 0) is 32.0 Å². The van der Waals surface area contributed by atoms with Gasteiger partial charge in [0.1, 0.15) is 11.8 Å². The van der Waals surface area contributed by atoms with Crippen molar-refractivity contribution in [3.63, 3.8) is 0 Å². The van der Waals surface area contributed by atoms with Crippen LogP contribution in [0.25, 0.3) is 0 Å². The van der Waals surface area contributed by atoms with Gasteiger partial charge >= 0.3 is 0 Å². The number of hydrogen-bond donors (Lipinski definition) is 1. The lowest BCUT2D eigenvalue weighted by Gasteiger charge is -2.13. The standard InChI is InChI=1S/C13H12ClN3O/c1-8-7-16-13(18-8)9(2)17-12-4-3-10(6-15)5-11(12)14/h3-5,7,9,17H,1-2H3. The van der Waals surface area contributed by atoms with E-state index in [4.69, 9.17) is 21.3 Å². The number of anilines is 1. The fourth-order valence-electron chi connectivity index (χ4n) is 1.57. The van der Waals surface area contributed by atoms with Crippen molar-refractivity contribution in [2.45, 2.75) is 19.9 Å². The molecule has 18 heavy (non-hydrogen) atoms. The zero-order valence-corrected chi connectivity index (χ0v) is 10.8. The first-order valence-corrected chi connectivity index (χ1v) is 5.86. The van der Waals surface area contributed by atoms with Crippen molar-refractivity contribution in [3.8, 4) is 6.07 Å². The summed E-state index contributed by atoms with van der Waals surface area (Å²) in [5.41, 5.74) is 1.28. The normalized spacial score (nSPS) is 11.9. The summed E-state index contributed by atoms with van der Waals surface area (Å²) in [6.07, 6.45) is 1.67. The molecule has 0 aliphatic carbocycles. The van der Waals surface area contributed by atoms with E-state index >= 15 is 0 Å². The van der Waals surface area contributed by atoms with Crippen LogP contribution in [-0.2, 0) is 0 Å². The Morgan fingerprint density at radius 1 is 1.50 bits per heavy atom. The first-order chi connectivity index (χ1) is 8.60. The average molecular weight is 262 g/mol. The van der Waals surface area contributed by atoms with Crippen molar-refractivity contribution in [1.82, 2.24) is 4.98 Å². The van der Waals surface area contributed by atoms with Gasteiger partial charge < -0.3 is 9.73 Å². The molecule has 1 N–H and O–H groups in total. The molecule has 0 spiro atoms. The molecule has 2 aromatic rings. The van der Waals surface area contributed by atoms with Gasteiger partial charge in [0.25, 0.3) is 0 Å². The molecule has 0 bridgehead atoms. The van der Waals surface area contributed by atoms with Crippen molar-refractivity contribution in [2.24, 2.45) is 0 Å². The maximum absolute atomic E-state index is 8.76. The molecule has 0 amide bonds. The molecule has 1 unspecified atom stereocenters. The minimum Gasteiger partial charge on any atom is -0.444 e. The Bertz CT molecular complexity index is 601. The number of nitrogens with one attached hydrogen (secondary N) is 1. The smallest absolute Gasteiger partial charge is 0.216 e. The maximum Gasteiger partial charge on any atom is 0.216 e. The number of nitriles is 1. The molecular weight excluding hydrogens is 250 g/mol. The molecule has 2 rings (SSSR count). The first-order valence-electron chi connectivity index (χ1n) is 5.48. The van der Waals surface area contributed by atoms with Crippen molar-refractivity contribution in [3.05, 3.63) is 46.6 Å². The predicted molar refractivity (Wildman–Crippen MR) is 69.4 cm³/mol. The average Bonchev–Trinajstić information content (AvgIpc) is 2.78. The number of rotatable bonds is 3. The van der Waals surface area contributed by atoms with Crippen LogP contribution in [0.1, 0.15) is 30.2 Å². The maximum atomic E-state index is 8.76. The van der Waals surface area contributed by atoms with E-state index in [0.29, 0.717) is 16.5 Å². The van der Waals surface area contributed by atoms with Crippen LogP contribution in [-0.4, -0.2) is 4.98 Å². The van der Waals surface area contributed by atoms with Crippen molar-refractivity contribution >= 4 is 17.3 Å². The van der Waals surface area contributed by atoms with Gasteiger partial charge in [-0.25, -0.2) is 4.98 Å². The second-order valence-corrected chi connectivity index (χ2v) is 4.39. The van der Waals surface area contributed by atoms with Crippen LogP contribution in [0.15, 0.2) is 28.8 Å². The minimum absolute atomic E-state index is 0.0934. The number of halogens is 1. The molecule has 0 saturated heterocycles. The fraction of sp³-hybridized carbons (Fsp3) is 0.231. The van der Waals surface area contributed by atoms with Gasteiger partial charge in [-0.1, -0.05) is 11.6 Å². The minimum atomic E-state index is -0.0934. The SMILES string of the molecule is Cc1cnc(C(C)Nc2ccc(C#N)cc2Cl)o1. The zero-order chi connectivity index (χ0) is 13.1. The van der Waals surface area contributed by atoms with Gasteiger partial charge in [0, 0.05) is 0 Å². The highest BCUT2D eigenvalue weighted by atomic mass is 35.5. The van der Waals surface area contributed by atoms with Crippen LogP contribution in [0.5, 0.6) is 0 Å². The molecule has 0 radical (unpaired) electrons. The van der Waals surface area contributed by atoms with E-state index in [0.717, 1.165) is 11.4 Å². The first kappa shape index (κ1) is 12.5. The fourth-order valence-corrected chi connectivity index (χ4v) is 1.80. The van der Waals surface area contributed by atoms with Crippen molar-refractivity contribution < 1.29 is 4.42 Å². The predicted octanol–water partition coefficient (Wildman–Crippen LogP) is 3.68. The molecule has 1 aromatic carbocycles. The zero-order valence-electron chi connectivity index (χ0n) is 10.1. The third kappa shape index (κ3) is 2.63. The molecule has 0 fully saturated rings. The highest BCUT2D eigenvalue weighted by Gasteiger charge is 2.12. The van der Waals surface area contributed by atoms with Gasteiger partial charge in [0.2, 0.25) is 5.89 Å². The second kappa shape index (κ2) is 5.11. The molecule has 1 aromatic heterocycles. The summed E-state index contributed by atoms with van der Waals surface area (Å²) in [6, 6.07) is 7.05. The molecule has 0 aliphatic heterocycles.